The number of aldehydes is 1. The van der Waals surface area contributed by atoms with Crippen molar-refractivity contribution in [2.75, 3.05) is 7.11 Å². The molecule has 0 amide bonds. The van der Waals surface area contributed by atoms with Crippen molar-refractivity contribution in [3.8, 4) is 5.75 Å². The van der Waals surface area contributed by atoms with Gasteiger partial charge in [0.2, 0.25) is 0 Å². The topological polar surface area (TPSA) is 46.5 Å². The zero-order valence-corrected chi connectivity index (χ0v) is 7.73. The van der Waals surface area contributed by atoms with Crippen LogP contribution in [0.5, 0.6) is 5.75 Å². The number of rotatable bonds is 2. The zero-order valence-electron chi connectivity index (χ0n) is 7.73. The summed E-state index contributed by atoms with van der Waals surface area (Å²) in [6, 6.07) is 5.34. The zero-order chi connectivity index (χ0) is 10.1. The molecule has 0 fully saturated rings. The maximum absolute atomic E-state index is 10.6. The van der Waals surface area contributed by atoms with Gasteiger partial charge in [0.15, 0.2) is 0 Å². The Hall–Kier alpha value is -1.61. The third-order valence-corrected chi connectivity index (χ3v) is 2.36. The van der Waals surface area contributed by atoms with Crippen molar-refractivity contribution in [1.82, 2.24) is 0 Å². The molecule has 1 aromatic rings. The second-order valence-electron chi connectivity index (χ2n) is 3.16. The van der Waals surface area contributed by atoms with Crippen molar-refractivity contribution in [2.24, 2.45) is 0 Å². The van der Waals surface area contributed by atoms with Gasteiger partial charge in [-0.1, -0.05) is 6.07 Å². The molecule has 1 N–H and O–H groups in total. The number of benzene rings is 1. The summed E-state index contributed by atoms with van der Waals surface area (Å²) in [6.45, 7) is 0. The highest BCUT2D eigenvalue weighted by Gasteiger charge is 2.22. The molecule has 0 spiro atoms. The average molecular weight is 190 g/mol. The fraction of sp³-hybridized carbons (Fsp3) is 0.182. The van der Waals surface area contributed by atoms with Crippen LogP contribution in [0.3, 0.4) is 0 Å². The van der Waals surface area contributed by atoms with E-state index in [0.717, 1.165) is 16.9 Å². The predicted molar refractivity (Wildman–Crippen MR) is 52.0 cm³/mol. The Morgan fingerprint density at radius 2 is 2.29 bits per heavy atom. The van der Waals surface area contributed by atoms with Crippen molar-refractivity contribution < 1.29 is 14.6 Å². The fourth-order valence-electron chi connectivity index (χ4n) is 1.59. The Bertz CT molecular complexity index is 407. The Kier molecular flexibility index (Phi) is 2.09. The highest BCUT2D eigenvalue weighted by atomic mass is 16.5. The summed E-state index contributed by atoms with van der Waals surface area (Å²) in [5.41, 5.74) is 2.00. The molecular formula is C11H10O3. The number of carbonyl (C=O) groups is 1. The quantitative estimate of drug-likeness (QED) is 0.715. The van der Waals surface area contributed by atoms with Gasteiger partial charge in [-0.25, -0.2) is 0 Å². The normalized spacial score (nSPS) is 18.7. The number of hydrogen-bond donors (Lipinski definition) is 1. The molecule has 14 heavy (non-hydrogen) atoms. The molecule has 0 aliphatic heterocycles. The molecule has 1 aliphatic carbocycles. The molecular weight excluding hydrogens is 180 g/mol. The van der Waals surface area contributed by atoms with Crippen LogP contribution in [-0.2, 0) is 4.79 Å². The van der Waals surface area contributed by atoms with Crippen LogP contribution in [0.15, 0.2) is 23.8 Å². The van der Waals surface area contributed by atoms with E-state index in [1.165, 1.54) is 0 Å². The van der Waals surface area contributed by atoms with Crippen LogP contribution < -0.4 is 4.74 Å². The summed E-state index contributed by atoms with van der Waals surface area (Å²) in [5.74, 6) is 0.722. The van der Waals surface area contributed by atoms with E-state index in [-0.39, 0.29) is 0 Å². The summed E-state index contributed by atoms with van der Waals surface area (Å²) in [5, 5.41) is 9.66. The summed E-state index contributed by atoms with van der Waals surface area (Å²) in [4.78, 5) is 10.6. The first-order valence-electron chi connectivity index (χ1n) is 4.29. The monoisotopic (exact) mass is 190 g/mol. The predicted octanol–water partition coefficient (Wildman–Crippen LogP) is 1.32. The Morgan fingerprint density at radius 3 is 2.93 bits per heavy atom. The number of aliphatic hydroxyl groups is 1. The van der Waals surface area contributed by atoms with Gasteiger partial charge in [-0.15, -0.1) is 0 Å². The smallest absolute Gasteiger partial charge is 0.149 e. The first-order chi connectivity index (χ1) is 6.76. The molecule has 0 saturated heterocycles. The standard InChI is InChI=1S/C11H10O3/c1-14-9-2-3-10-7(5-9)4-8(6-12)11(10)13/h2-6,11,13H,1H3. The molecule has 1 atom stereocenters. The Labute approximate surface area is 81.6 Å². The van der Waals surface area contributed by atoms with Crippen molar-refractivity contribution in [1.29, 1.82) is 0 Å². The lowest BCUT2D eigenvalue weighted by molar-refractivity contribution is -0.105. The Morgan fingerprint density at radius 1 is 1.50 bits per heavy atom. The largest absolute Gasteiger partial charge is 0.497 e. The molecule has 0 aromatic heterocycles. The third kappa shape index (κ3) is 1.22. The first kappa shape index (κ1) is 8.97. The molecule has 2 rings (SSSR count). The van der Waals surface area contributed by atoms with Gasteiger partial charge >= 0.3 is 0 Å². The molecule has 3 heteroatoms. The lowest BCUT2D eigenvalue weighted by Gasteiger charge is -2.06. The van der Waals surface area contributed by atoms with Crippen LogP contribution in [0.2, 0.25) is 0 Å². The van der Waals surface area contributed by atoms with Crippen LogP contribution >= 0.6 is 0 Å². The third-order valence-electron chi connectivity index (χ3n) is 2.36. The highest BCUT2D eigenvalue weighted by molar-refractivity contribution is 5.88. The van der Waals surface area contributed by atoms with Crippen molar-refractivity contribution in [3.63, 3.8) is 0 Å². The SMILES string of the molecule is COc1ccc2c(c1)C=C(C=O)C2O. The van der Waals surface area contributed by atoms with Gasteiger partial charge in [-0.3, -0.25) is 4.79 Å². The van der Waals surface area contributed by atoms with Crippen LogP contribution in [0.1, 0.15) is 17.2 Å². The van der Waals surface area contributed by atoms with E-state index in [1.54, 1.807) is 31.4 Å². The minimum Gasteiger partial charge on any atom is -0.497 e. The van der Waals surface area contributed by atoms with Gasteiger partial charge in [-0.2, -0.15) is 0 Å². The molecule has 3 nitrogen and oxygen atoms in total. The average Bonchev–Trinajstić information content (AvgIpc) is 2.55. The van der Waals surface area contributed by atoms with E-state index < -0.39 is 6.10 Å². The number of ether oxygens (including phenoxy) is 1. The minimum atomic E-state index is -0.784. The van der Waals surface area contributed by atoms with Gasteiger partial charge < -0.3 is 9.84 Å². The molecule has 1 unspecified atom stereocenters. The van der Waals surface area contributed by atoms with E-state index in [9.17, 15) is 9.90 Å². The summed E-state index contributed by atoms with van der Waals surface area (Å²) < 4.78 is 5.04. The van der Waals surface area contributed by atoms with Crippen molar-refractivity contribution >= 4 is 12.4 Å². The van der Waals surface area contributed by atoms with E-state index in [0.29, 0.717) is 11.9 Å². The molecule has 0 heterocycles. The highest BCUT2D eigenvalue weighted by Crippen LogP contribution is 2.34. The molecule has 72 valence electrons. The number of aliphatic hydroxyl groups excluding tert-OH is 1. The summed E-state index contributed by atoms with van der Waals surface area (Å²) in [6.07, 6.45) is 1.57. The van der Waals surface area contributed by atoms with Crippen LogP contribution in [0.4, 0.5) is 0 Å². The Balaban J connectivity index is 2.48. The maximum Gasteiger partial charge on any atom is 0.149 e. The van der Waals surface area contributed by atoms with E-state index in [1.807, 2.05) is 0 Å². The van der Waals surface area contributed by atoms with Gasteiger partial charge in [0.05, 0.1) is 7.11 Å². The first-order valence-corrected chi connectivity index (χ1v) is 4.29. The molecule has 0 saturated carbocycles. The number of hydrogen-bond acceptors (Lipinski definition) is 3. The fourth-order valence-corrected chi connectivity index (χ4v) is 1.59. The van der Waals surface area contributed by atoms with E-state index in [4.69, 9.17) is 4.74 Å². The van der Waals surface area contributed by atoms with Crippen molar-refractivity contribution in [2.45, 2.75) is 6.10 Å². The molecule has 1 aliphatic rings. The van der Waals surface area contributed by atoms with Gasteiger partial charge in [0.25, 0.3) is 0 Å². The number of methoxy groups -OCH3 is 1. The lowest BCUT2D eigenvalue weighted by atomic mass is 10.1. The van der Waals surface area contributed by atoms with E-state index >= 15 is 0 Å². The van der Waals surface area contributed by atoms with Gasteiger partial charge in [0.1, 0.15) is 18.1 Å². The van der Waals surface area contributed by atoms with Gasteiger partial charge in [-0.05, 0) is 29.3 Å². The van der Waals surface area contributed by atoms with E-state index in [2.05, 4.69) is 0 Å². The van der Waals surface area contributed by atoms with Gasteiger partial charge in [0, 0.05) is 5.57 Å². The molecule has 0 bridgehead atoms. The summed E-state index contributed by atoms with van der Waals surface area (Å²) in [7, 11) is 1.58. The van der Waals surface area contributed by atoms with Crippen LogP contribution in [-0.4, -0.2) is 18.5 Å². The van der Waals surface area contributed by atoms with Crippen LogP contribution in [0.25, 0.3) is 6.08 Å². The van der Waals surface area contributed by atoms with Crippen LogP contribution in [0, 0.1) is 0 Å². The lowest BCUT2D eigenvalue weighted by Crippen LogP contribution is -1.97. The number of fused-ring (bicyclic) bond motifs is 1. The minimum absolute atomic E-state index is 0.397. The maximum atomic E-state index is 10.6. The second kappa shape index (κ2) is 3.27. The number of carbonyl (C=O) groups excluding carboxylic acids is 1. The molecule has 0 radical (unpaired) electrons. The van der Waals surface area contributed by atoms with Crippen molar-refractivity contribution in [3.05, 3.63) is 34.9 Å². The second-order valence-corrected chi connectivity index (χ2v) is 3.16. The summed E-state index contributed by atoms with van der Waals surface area (Å²) >= 11 is 0. The molecule has 1 aromatic carbocycles.